The van der Waals surface area contributed by atoms with Gasteiger partial charge in [0, 0.05) is 34.9 Å². The number of aliphatic imine (C=N–C) groups is 1. The van der Waals surface area contributed by atoms with Crippen molar-refractivity contribution in [3.8, 4) is 34.5 Å². The molecule has 3 aromatic rings. The lowest BCUT2D eigenvalue weighted by molar-refractivity contribution is 0.101. The second-order valence-corrected chi connectivity index (χ2v) is 9.69. The fourth-order valence-corrected chi connectivity index (χ4v) is 4.40. The summed E-state index contributed by atoms with van der Waals surface area (Å²) in [5.74, 6) is 7.03. The molecular weight excluding hydrogens is 514 g/mol. The van der Waals surface area contributed by atoms with Gasteiger partial charge in [0.1, 0.15) is 22.6 Å². The van der Waals surface area contributed by atoms with Crippen LogP contribution in [0.2, 0.25) is 0 Å². The number of nitrogens with one attached hydrogen (secondary N) is 2. The van der Waals surface area contributed by atoms with E-state index >= 15 is 0 Å². The molecule has 1 unspecified atom stereocenters. The highest BCUT2D eigenvalue weighted by Gasteiger charge is 2.23. The van der Waals surface area contributed by atoms with Gasteiger partial charge >= 0.3 is 0 Å². The zero-order valence-electron chi connectivity index (χ0n) is 20.4. The average Bonchev–Trinajstić information content (AvgIpc) is 3.64. The van der Waals surface area contributed by atoms with Gasteiger partial charge in [0.2, 0.25) is 0 Å². The van der Waals surface area contributed by atoms with Gasteiger partial charge < -0.3 is 4.74 Å². The molecule has 1 atom stereocenters. The van der Waals surface area contributed by atoms with Crippen molar-refractivity contribution in [1.82, 2.24) is 25.4 Å². The van der Waals surface area contributed by atoms with Crippen molar-refractivity contribution in [2.75, 3.05) is 7.11 Å². The summed E-state index contributed by atoms with van der Waals surface area (Å²) in [6.45, 7) is 1.37. The van der Waals surface area contributed by atoms with E-state index in [4.69, 9.17) is 4.74 Å². The van der Waals surface area contributed by atoms with Crippen LogP contribution in [0.3, 0.4) is 0 Å². The molecule has 2 N–H and O–H groups in total. The highest BCUT2D eigenvalue weighted by molar-refractivity contribution is 8.14. The third-order valence-corrected chi connectivity index (χ3v) is 6.71. The monoisotopic (exact) mass is 536 g/mol. The predicted octanol–water partition coefficient (Wildman–Crippen LogP) is 4.01. The van der Waals surface area contributed by atoms with E-state index in [9.17, 15) is 18.4 Å². The van der Waals surface area contributed by atoms with Crippen molar-refractivity contribution in [2.24, 2.45) is 10.9 Å². The molecule has 0 bridgehead atoms. The molecule has 38 heavy (non-hydrogen) atoms. The van der Waals surface area contributed by atoms with Crippen LogP contribution in [-0.2, 0) is 0 Å². The summed E-state index contributed by atoms with van der Waals surface area (Å²) in [5.41, 5.74) is 6.44. The average molecular weight is 537 g/mol. The second-order valence-electron chi connectivity index (χ2n) is 8.60. The van der Waals surface area contributed by atoms with Crippen molar-refractivity contribution in [3.05, 3.63) is 64.5 Å². The van der Waals surface area contributed by atoms with Gasteiger partial charge in [-0.2, -0.15) is 0 Å². The Morgan fingerprint density at radius 3 is 2.71 bits per heavy atom. The van der Waals surface area contributed by atoms with E-state index in [1.165, 1.54) is 67.2 Å². The minimum atomic E-state index is -2.81. The highest BCUT2D eigenvalue weighted by atomic mass is 32.2. The van der Waals surface area contributed by atoms with E-state index in [0.29, 0.717) is 27.9 Å². The molecule has 4 heterocycles. The Labute approximate surface area is 220 Å². The van der Waals surface area contributed by atoms with Crippen molar-refractivity contribution in [1.29, 1.82) is 0 Å². The molecule has 0 radical (unpaired) electrons. The molecule has 9 nitrogen and oxygen atoms in total. The van der Waals surface area contributed by atoms with E-state index in [0.717, 1.165) is 12.8 Å². The summed E-state index contributed by atoms with van der Waals surface area (Å²) < 4.78 is 33.8. The maximum Gasteiger partial charge on any atom is 0.280 e. The van der Waals surface area contributed by atoms with Crippen LogP contribution < -0.4 is 21.1 Å². The molecule has 1 aliphatic carbocycles. The van der Waals surface area contributed by atoms with E-state index in [2.05, 4.69) is 37.7 Å². The van der Waals surface area contributed by atoms with Gasteiger partial charge in [0.05, 0.1) is 25.2 Å². The minimum Gasteiger partial charge on any atom is -0.494 e. The van der Waals surface area contributed by atoms with Gasteiger partial charge in [0.15, 0.2) is 11.0 Å². The van der Waals surface area contributed by atoms with Gasteiger partial charge in [0.25, 0.3) is 12.0 Å². The molecular formula is C26H22F2N6O3S. The Morgan fingerprint density at radius 2 is 2.03 bits per heavy atom. The Bertz CT molecular complexity index is 1560. The normalized spacial score (nSPS) is 17.7. The zero-order valence-corrected chi connectivity index (χ0v) is 21.2. The Morgan fingerprint density at radius 1 is 1.21 bits per heavy atom. The third-order valence-electron chi connectivity index (χ3n) is 5.82. The first-order valence-electron chi connectivity index (χ1n) is 11.7. The number of carbonyl (C=O) groups excluding carboxylic acids is 1. The summed E-state index contributed by atoms with van der Waals surface area (Å²) in [6.07, 6.45) is 3.53. The summed E-state index contributed by atoms with van der Waals surface area (Å²) in [7, 11) is 1.41. The van der Waals surface area contributed by atoms with Crippen molar-refractivity contribution < 1.29 is 18.3 Å². The van der Waals surface area contributed by atoms with E-state index in [-0.39, 0.29) is 28.3 Å². The molecule has 2 aliphatic rings. The van der Waals surface area contributed by atoms with Crippen LogP contribution in [0, 0.1) is 17.8 Å². The number of ether oxygens (including phenoxy) is 1. The van der Waals surface area contributed by atoms with Crippen LogP contribution in [0.15, 0.2) is 52.6 Å². The highest BCUT2D eigenvalue weighted by Crippen LogP contribution is 2.39. The van der Waals surface area contributed by atoms with Crippen molar-refractivity contribution in [3.63, 3.8) is 0 Å². The largest absolute Gasteiger partial charge is 0.494 e. The summed E-state index contributed by atoms with van der Waals surface area (Å²) in [4.78, 5) is 37.2. The fourth-order valence-electron chi connectivity index (χ4n) is 3.66. The molecule has 3 aromatic heterocycles. The van der Waals surface area contributed by atoms with Crippen LogP contribution >= 0.6 is 11.8 Å². The van der Waals surface area contributed by atoms with Gasteiger partial charge in [-0.15, -0.1) is 0 Å². The van der Waals surface area contributed by atoms with E-state index < -0.39 is 17.7 Å². The molecule has 1 aliphatic heterocycles. The zero-order chi connectivity index (χ0) is 26.8. The van der Waals surface area contributed by atoms with Gasteiger partial charge in [-0.25, -0.2) is 24.2 Å². The number of halogens is 2. The molecule has 1 saturated heterocycles. The Hall–Kier alpha value is -4.08. The number of amidine groups is 1. The molecule has 0 spiro atoms. The van der Waals surface area contributed by atoms with Crippen LogP contribution in [0.5, 0.6) is 5.75 Å². The number of carbonyl (C=O) groups is 1. The maximum absolute atomic E-state index is 13.6. The van der Waals surface area contributed by atoms with Crippen molar-refractivity contribution in [2.45, 2.75) is 31.6 Å². The SMILES string of the molecule is COc1cnc(C(F)F)cc1-c1cc(-n2ccc(C(C)=O)cc2=O)ncc1N=C1NNC(C#CC2CC2)S1. The van der Waals surface area contributed by atoms with Gasteiger partial charge in [-0.3, -0.25) is 24.6 Å². The quantitative estimate of drug-likeness (QED) is 0.359. The Balaban J connectivity index is 1.60. The number of aromatic nitrogens is 3. The fraction of sp³-hybridized carbons (Fsp3) is 0.269. The third kappa shape index (κ3) is 5.58. The number of hydrogen-bond donors (Lipinski definition) is 2. The lowest BCUT2D eigenvalue weighted by Gasteiger charge is -2.14. The van der Waals surface area contributed by atoms with Crippen LogP contribution in [0.25, 0.3) is 16.9 Å². The lowest BCUT2D eigenvalue weighted by atomic mass is 10.0. The standard InChI is InChI=1S/C26H22F2N6O3S/c1-14(35)16-7-8-34(24(36)9-16)22-11-17(18-10-19(25(27)28)29-13-21(18)37-2)20(12-30-22)31-26-33-32-23(38-26)6-5-15-3-4-15/h7-13,15,23,25,32H,3-4H2,1-2H3,(H,31,33). The number of nitrogens with zero attached hydrogens (tertiary/aromatic N) is 4. The van der Waals surface area contributed by atoms with Crippen molar-refractivity contribution >= 4 is 28.4 Å². The first kappa shape index (κ1) is 25.6. The molecule has 194 valence electrons. The summed E-state index contributed by atoms with van der Waals surface area (Å²) >= 11 is 1.38. The predicted molar refractivity (Wildman–Crippen MR) is 140 cm³/mol. The number of hydrazine groups is 1. The minimum absolute atomic E-state index is 0.190. The first-order valence-corrected chi connectivity index (χ1v) is 12.5. The first-order chi connectivity index (χ1) is 18.3. The molecule has 12 heteroatoms. The molecule has 0 aromatic carbocycles. The number of methoxy groups -OCH3 is 1. The molecule has 2 fully saturated rings. The number of Topliss-reactive ketones (excluding diaryl/α,β-unsaturated/α-hetero) is 1. The lowest BCUT2D eigenvalue weighted by Crippen LogP contribution is -2.30. The smallest absolute Gasteiger partial charge is 0.280 e. The van der Waals surface area contributed by atoms with Crippen LogP contribution in [0.1, 0.15) is 42.2 Å². The maximum atomic E-state index is 13.6. The number of ketones is 1. The van der Waals surface area contributed by atoms with Crippen LogP contribution in [0.4, 0.5) is 14.5 Å². The van der Waals surface area contributed by atoms with Crippen LogP contribution in [-0.4, -0.2) is 38.0 Å². The summed E-state index contributed by atoms with van der Waals surface area (Å²) in [6, 6.07) is 5.51. The van der Waals surface area contributed by atoms with Gasteiger partial charge in [-0.1, -0.05) is 23.6 Å². The number of alkyl halides is 2. The van der Waals surface area contributed by atoms with E-state index in [1.807, 2.05) is 0 Å². The number of rotatable bonds is 6. The van der Waals surface area contributed by atoms with Gasteiger partial charge in [-0.05, 0) is 38.0 Å². The number of pyridine rings is 3. The number of hydrogen-bond acceptors (Lipinski definition) is 8. The molecule has 5 rings (SSSR count). The second kappa shape index (κ2) is 10.7. The molecule has 0 amide bonds. The molecule has 1 saturated carbocycles. The topological polar surface area (TPSA) is 111 Å². The van der Waals surface area contributed by atoms with E-state index in [1.54, 1.807) is 6.07 Å². The Kier molecular flexibility index (Phi) is 7.22. The number of thioether (sulfide) groups is 1. The summed E-state index contributed by atoms with van der Waals surface area (Å²) in [5, 5.41) is 0.324.